The van der Waals surface area contributed by atoms with Crippen molar-refractivity contribution in [1.82, 2.24) is 14.8 Å². The van der Waals surface area contributed by atoms with Crippen LogP contribution in [0.2, 0.25) is 0 Å². The van der Waals surface area contributed by atoms with Gasteiger partial charge in [0.2, 0.25) is 17.7 Å². The van der Waals surface area contributed by atoms with E-state index in [9.17, 15) is 19.2 Å². The molecule has 1 aromatic heterocycles. The number of anilines is 2. The second-order valence-corrected chi connectivity index (χ2v) is 10.9. The molecule has 2 aromatic rings. The molecule has 2 fully saturated rings. The van der Waals surface area contributed by atoms with Gasteiger partial charge in [0.15, 0.2) is 0 Å². The summed E-state index contributed by atoms with van der Waals surface area (Å²) in [6, 6.07) is 9.55. The van der Waals surface area contributed by atoms with Crippen LogP contribution in [-0.2, 0) is 19.1 Å². The second-order valence-electron chi connectivity index (χ2n) is 10.9. The SMILES string of the molecule is CC(=O)N1CCC[C@H]1C(=O)Nc1ccc(C#Cc2ccc(NC(=O)[C@@H]3CCCN3C(=O)OC(C)(C)C)nc2)cc1. The van der Waals surface area contributed by atoms with Gasteiger partial charge in [-0.2, -0.15) is 0 Å². The Bertz CT molecular complexity index is 1320. The van der Waals surface area contributed by atoms with E-state index >= 15 is 0 Å². The maximum atomic E-state index is 12.8. The third-order valence-corrected chi connectivity index (χ3v) is 6.66. The summed E-state index contributed by atoms with van der Waals surface area (Å²) in [6.07, 6.45) is 3.85. The van der Waals surface area contributed by atoms with Crippen LogP contribution >= 0.6 is 0 Å². The molecule has 2 N–H and O–H groups in total. The summed E-state index contributed by atoms with van der Waals surface area (Å²) >= 11 is 0. The molecule has 3 heterocycles. The van der Waals surface area contributed by atoms with Crippen molar-refractivity contribution in [2.75, 3.05) is 23.7 Å². The molecule has 4 rings (SSSR count). The number of carbonyl (C=O) groups excluding carboxylic acids is 4. The first-order valence-corrected chi connectivity index (χ1v) is 13.5. The minimum absolute atomic E-state index is 0.0909. The number of nitrogens with zero attached hydrogens (tertiary/aromatic N) is 3. The van der Waals surface area contributed by atoms with Crippen LogP contribution < -0.4 is 10.6 Å². The van der Waals surface area contributed by atoms with E-state index in [4.69, 9.17) is 4.74 Å². The van der Waals surface area contributed by atoms with Crippen molar-refractivity contribution < 1.29 is 23.9 Å². The Hall–Kier alpha value is -4.39. The first-order valence-electron chi connectivity index (χ1n) is 13.5. The van der Waals surface area contributed by atoms with Crippen LogP contribution in [0.1, 0.15) is 64.5 Å². The lowest BCUT2D eigenvalue weighted by molar-refractivity contribution is -0.134. The fourth-order valence-corrected chi connectivity index (χ4v) is 4.75. The van der Waals surface area contributed by atoms with Crippen LogP contribution in [0, 0.1) is 11.8 Å². The normalized spacial score (nSPS) is 18.5. The Morgan fingerprint density at radius 3 is 2.02 bits per heavy atom. The molecule has 10 nitrogen and oxygen atoms in total. The highest BCUT2D eigenvalue weighted by molar-refractivity contribution is 5.97. The van der Waals surface area contributed by atoms with Crippen molar-refractivity contribution in [2.45, 2.75) is 71.1 Å². The lowest BCUT2D eigenvalue weighted by Gasteiger charge is -2.27. The highest BCUT2D eigenvalue weighted by Gasteiger charge is 2.37. The zero-order valence-electron chi connectivity index (χ0n) is 23.3. The molecule has 40 heavy (non-hydrogen) atoms. The third kappa shape index (κ3) is 7.38. The Morgan fingerprint density at radius 2 is 1.43 bits per heavy atom. The second kappa shape index (κ2) is 12.2. The zero-order valence-corrected chi connectivity index (χ0v) is 23.3. The number of amides is 4. The first kappa shape index (κ1) is 28.6. The number of hydrogen-bond acceptors (Lipinski definition) is 6. The van der Waals surface area contributed by atoms with Gasteiger partial charge in [0.1, 0.15) is 23.5 Å². The van der Waals surface area contributed by atoms with Crippen molar-refractivity contribution >= 4 is 35.3 Å². The standard InChI is InChI=1S/C30H35N5O5/c1-20(36)34-17-5-7-24(34)27(37)32-23-14-11-21(12-15-23)9-10-22-13-16-26(31-19-22)33-28(38)25-8-6-18-35(25)29(39)40-30(2,3)4/h11-16,19,24-25H,5-8,17-18H2,1-4H3,(H,32,37)(H,31,33,38)/t24-,25-/m0/s1. The predicted octanol–water partition coefficient (Wildman–Crippen LogP) is 3.77. The van der Waals surface area contributed by atoms with Crippen molar-refractivity contribution in [2.24, 2.45) is 0 Å². The molecule has 0 saturated carbocycles. The number of carbonyl (C=O) groups is 4. The first-order chi connectivity index (χ1) is 19.0. The maximum absolute atomic E-state index is 12.8. The topological polar surface area (TPSA) is 121 Å². The largest absolute Gasteiger partial charge is 0.444 e. The highest BCUT2D eigenvalue weighted by atomic mass is 16.6. The van der Waals surface area contributed by atoms with E-state index < -0.39 is 23.8 Å². The number of rotatable bonds is 4. The van der Waals surface area contributed by atoms with Crippen LogP contribution in [0.5, 0.6) is 0 Å². The minimum Gasteiger partial charge on any atom is -0.444 e. The van der Waals surface area contributed by atoms with Gasteiger partial charge in [0.25, 0.3) is 0 Å². The third-order valence-electron chi connectivity index (χ3n) is 6.66. The molecule has 4 amide bonds. The minimum atomic E-state index is -0.633. The summed E-state index contributed by atoms with van der Waals surface area (Å²) in [5, 5.41) is 5.66. The smallest absolute Gasteiger partial charge is 0.410 e. The van der Waals surface area contributed by atoms with Gasteiger partial charge >= 0.3 is 6.09 Å². The number of nitrogens with one attached hydrogen (secondary N) is 2. The summed E-state index contributed by atoms with van der Waals surface area (Å²) in [7, 11) is 0. The van der Waals surface area contributed by atoms with Crippen LogP contribution in [0.3, 0.4) is 0 Å². The van der Waals surface area contributed by atoms with Gasteiger partial charge < -0.3 is 20.3 Å². The summed E-state index contributed by atoms with van der Waals surface area (Å²) in [4.78, 5) is 57.0. The molecule has 0 unspecified atom stereocenters. The molecule has 210 valence electrons. The average Bonchev–Trinajstić information content (AvgIpc) is 3.59. The molecule has 1 aromatic carbocycles. The van der Waals surface area contributed by atoms with Crippen LogP contribution in [0.15, 0.2) is 42.6 Å². The predicted molar refractivity (Wildman–Crippen MR) is 150 cm³/mol. The van der Waals surface area contributed by atoms with Crippen LogP contribution in [0.25, 0.3) is 0 Å². The Balaban J connectivity index is 1.31. The fourth-order valence-electron chi connectivity index (χ4n) is 4.75. The van der Waals surface area contributed by atoms with Crippen molar-refractivity contribution in [3.8, 4) is 11.8 Å². The molecule has 2 saturated heterocycles. The zero-order chi connectivity index (χ0) is 28.9. The highest BCUT2D eigenvalue weighted by Crippen LogP contribution is 2.22. The molecule has 2 atom stereocenters. The van der Waals surface area contributed by atoms with Gasteiger partial charge in [-0.05, 0) is 82.9 Å². The van der Waals surface area contributed by atoms with E-state index in [0.717, 1.165) is 18.4 Å². The van der Waals surface area contributed by atoms with Gasteiger partial charge in [0, 0.05) is 43.0 Å². The molecule has 2 aliphatic heterocycles. The molecule has 0 bridgehead atoms. The van der Waals surface area contributed by atoms with Crippen molar-refractivity contribution in [3.05, 3.63) is 53.7 Å². The Kier molecular flexibility index (Phi) is 8.73. The molecule has 0 radical (unpaired) electrons. The molecule has 0 aliphatic carbocycles. The van der Waals surface area contributed by atoms with E-state index in [-0.39, 0.29) is 17.7 Å². The van der Waals surface area contributed by atoms with E-state index in [1.54, 1.807) is 68.3 Å². The maximum Gasteiger partial charge on any atom is 0.410 e. The number of benzene rings is 1. The van der Waals surface area contributed by atoms with Crippen LogP contribution in [-0.4, -0.2) is 69.4 Å². The molecular formula is C30H35N5O5. The Labute approximate surface area is 234 Å². The van der Waals surface area contributed by atoms with Crippen molar-refractivity contribution in [1.29, 1.82) is 0 Å². The van der Waals surface area contributed by atoms with E-state index in [1.165, 1.54) is 11.8 Å². The van der Waals surface area contributed by atoms with Gasteiger partial charge in [-0.1, -0.05) is 11.8 Å². The number of hydrogen-bond donors (Lipinski definition) is 2. The van der Waals surface area contributed by atoms with Gasteiger partial charge in [-0.15, -0.1) is 0 Å². The fraction of sp³-hybridized carbons (Fsp3) is 0.433. The lowest BCUT2D eigenvalue weighted by Crippen LogP contribution is -2.45. The van der Waals surface area contributed by atoms with E-state index in [1.807, 2.05) is 0 Å². The quantitative estimate of drug-likeness (QED) is 0.565. The molecule has 10 heteroatoms. The van der Waals surface area contributed by atoms with Gasteiger partial charge in [0.05, 0.1) is 0 Å². The van der Waals surface area contributed by atoms with Gasteiger partial charge in [-0.3, -0.25) is 19.3 Å². The van der Waals surface area contributed by atoms with E-state index in [0.29, 0.717) is 43.0 Å². The number of ether oxygens (including phenoxy) is 1. The summed E-state index contributed by atoms with van der Waals surface area (Å²) < 4.78 is 5.43. The summed E-state index contributed by atoms with van der Waals surface area (Å²) in [5.41, 5.74) is 1.42. The monoisotopic (exact) mass is 545 g/mol. The lowest BCUT2D eigenvalue weighted by atomic mass is 10.1. The molecule has 2 aliphatic rings. The van der Waals surface area contributed by atoms with Crippen molar-refractivity contribution in [3.63, 3.8) is 0 Å². The number of pyridine rings is 1. The van der Waals surface area contributed by atoms with Gasteiger partial charge in [-0.25, -0.2) is 9.78 Å². The summed E-state index contributed by atoms with van der Waals surface area (Å²) in [6.45, 7) is 7.94. The Morgan fingerprint density at radius 1 is 0.850 bits per heavy atom. The average molecular weight is 546 g/mol. The molecular weight excluding hydrogens is 510 g/mol. The van der Waals surface area contributed by atoms with E-state index in [2.05, 4.69) is 27.5 Å². The van der Waals surface area contributed by atoms with Crippen LogP contribution in [0.4, 0.5) is 16.3 Å². The molecule has 0 spiro atoms. The number of aromatic nitrogens is 1. The number of likely N-dealkylation sites (tertiary alicyclic amines) is 2. The summed E-state index contributed by atoms with van der Waals surface area (Å²) in [5.74, 6) is 5.89.